The summed E-state index contributed by atoms with van der Waals surface area (Å²) in [6.45, 7) is 13.6. The summed E-state index contributed by atoms with van der Waals surface area (Å²) < 4.78 is 25.9. The van der Waals surface area contributed by atoms with Crippen molar-refractivity contribution in [1.29, 1.82) is 0 Å². The summed E-state index contributed by atoms with van der Waals surface area (Å²) in [5.74, 6) is -0.289. The molecule has 0 bridgehead atoms. The molecule has 52 heavy (non-hydrogen) atoms. The van der Waals surface area contributed by atoms with Gasteiger partial charge in [0.15, 0.2) is 9.84 Å². The number of carbonyl (C=O) groups is 5. The fraction of sp³-hybridized carbons (Fsp3) is 0.821. The van der Waals surface area contributed by atoms with E-state index in [4.69, 9.17) is 6.42 Å². The van der Waals surface area contributed by atoms with Crippen LogP contribution >= 0.6 is 0 Å². The van der Waals surface area contributed by atoms with Gasteiger partial charge in [-0.3, -0.25) is 19.2 Å². The number of nitrogens with one attached hydrogen (secondary N) is 4. The Morgan fingerprint density at radius 3 is 2.08 bits per heavy atom. The number of rotatable bonds is 14. The van der Waals surface area contributed by atoms with E-state index in [0.717, 1.165) is 38.5 Å². The minimum atomic E-state index is -3.58. The highest BCUT2D eigenvalue weighted by atomic mass is 32.2. The largest absolute Gasteiger partial charge is 0.349 e. The highest BCUT2D eigenvalue weighted by molar-refractivity contribution is 7.92. The van der Waals surface area contributed by atoms with Gasteiger partial charge in [0.25, 0.3) is 5.91 Å². The Kier molecular flexibility index (Phi) is 12.9. The van der Waals surface area contributed by atoms with Crippen LogP contribution in [0.3, 0.4) is 0 Å². The number of ketones is 1. The zero-order valence-corrected chi connectivity index (χ0v) is 33.3. The van der Waals surface area contributed by atoms with Crippen LogP contribution in [0.15, 0.2) is 0 Å². The van der Waals surface area contributed by atoms with Crippen LogP contribution in [-0.4, -0.2) is 90.1 Å². The van der Waals surface area contributed by atoms with Crippen molar-refractivity contribution in [2.24, 2.45) is 22.7 Å². The van der Waals surface area contributed by atoms with E-state index in [-0.39, 0.29) is 41.8 Å². The maximum absolute atomic E-state index is 14.9. The summed E-state index contributed by atoms with van der Waals surface area (Å²) in [5, 5.41) is 11.5. The third-order valence-corrected chi connectivity index (χ3v) is 15.3. The van der Waals surface area contributed by atoms with E-state index < -0.39 is 67.3 Å². The number of carbonyl (C=O) groups excluding carboxylic acids is 5. The van der Waals surface area contributed by atoms with Gasteiger partial charge in [0.2, 0.25) is 17.6 Å². The van der Waals surface area contributed by atoms with Crippen molar-refractivity contribution >= 4 is 39.4 Å². The summed E-state index contributed by atoms with van der Waals surface area (Å²) in [5.41, 5.74) is -1.78. The monoisotopic (exact) mass is 745 g/mol. The van der Waals surface area contributed by atoms with Crippen LogP contribution in [0.5, 0.6) is 0 Å². The maximum atomic E-state index is 14.9. The molecule has 4 rings (SSSR count). The lowest BCUT2D eigenvalue weighted by atomic mass is 9.70. The highest BCUT2D eigenvalue weighted by Crippen LogP contribution is 2.65. The van der Waals surface area contributed by atoms with Crippen LogP contribution in [0.2, 0.25) is 0 Å². The molecule has 0 spiro atoms. The average Bonchev–Trinajstić information content (AvgIpc) is 3.37. The second-order valence-corrected chi connectivity index (χ2v) is 20.5. The number of urea groups is 1. The van der Waals surface area contributed by atoms with Crippen LogP contribution in [0.1, 0.15) is 132 Å². The number of Topliss-reactive ketones (excluding diaryl/α,β-unsaturated/α-hetero) is 1. The number of fused-ring (bicyclic) bond motifs is 1. The third-order valence-electron chi connectivity index (χ3n) is 12.5. The van der Waals surface area contributed by atoms with Crippen molar-refractivity contribution in [2.45, 2.75) is 160 Å². The predicted molar refractivity (Wildman–Crippen MR) is 201 cm³/mol. The maximum Gasteiger partial charge on any atom is 0.315 e. The molecule has 4 fully saturated rings. The van der Waals surface area contributed by atoms with Crippen molar-refractivity contribution < 1.29 is 32.4 Å². The van der Waals surface area contributed by atoms with Gasteiger partial charge in [-0.1, -0.05) is 66.2 Å². The Balaban J connectivity index is 1.62. The lowest BCUT2D eigenvalue weighted by Crippen LogP contribution is -2.65. The molecule has 0 aromatic carbocycles. The van der Waals surface area contributed by atoms with E-state index in [2.05, 4.69) is 41.0 Å². The molecule has 0 aromatic rings. The highest BCUT2D eigenvalue weighted by Gasteiger charge is 2.70. The molecule has 4 aliphatic rings. The normalized spacial score (nSPS) is 25.7. The Morgan fingerprint density at radius 1 is 0.923 bits per heavy atom. The number of hydrogen-bond acceptors (Lipinski definition) is 7. The lowest BCUT2D eigenvalue weighted by Gasteiger charge is -2.44. The smallest absolute Gasteiger partial charge is 0.315 e. The Bertz CT molecular complexity index is 1520. The number of hydrogen-bond donors (Lipinski definition) is 4. The Hall–Kier alpha value is -3.14. The van der Waals surface area contributed by atoms with E-state index in [1.165, 1.54) is 0 Å². The summed E-state index contributed by atoms with van der Waals surface area (Å²) in [4.78, 5) is 70.6. The molecule has 5 amide bonds. The molecule has 3 aliphatic carbocycles. The first-order chi connectivity index (χ1) is 24.2. The number of terminal acetylenes is 1. The van der Waals surface area contributed by atoms with E-state index in [9.17, 15) is 32.4 Å². The van der Waals surface area contributed by atoms with Crippen molar-refractivity contribution in [1.82, 2.24) is 26.2 Å². The van der Waals surface area contributed by atoms with Crippen LogP contribution in [0, 0.1) is 35.0 Å². The second kappa shape index (κ2) is 16.1. The molecule has 12 nitrogen and oxygen atoms in total. The molecule has 292 valence electrons. The molecular formula is C39H63N5O7S. The number of amides is 5. The first-order valence-electron chi connectivity index (χ1n) is 19.4. The number of likely N-dealkylation sites (tertiary alicyclic amines) is 1. The van der Waals surface area contributed by atoms with Crippen molar-refractivity contribution in [3.8, 4) is 12.3 Å². The number of sulfone groups is 1. The molecule has 2 unspecified atom stereocenters. The lowest BCUT2D eigenvalue weighted by molar-refractivity contribution is -0.146. The number of piperidine rings is 1. The zero-order chi connectivity index (χ0) is 38.7. The van der Waals surface area contributed by atoms with Crippen molar-refractivity contribution in [3.63, 3.8) is 0 Å². The zero-order valence-electron chi connectivity index (χ0n) is 32.5. The molecule has 0 radical (unpaired) electrons. The first kappa shape index (κ1) is 41.6. The van der Waals surface area contributed by atoms with E-state index >= 15 is 0 Å². The molecule has 0 aromatic heterocycles. The Morgan fingerprint density at radius 2 is 1.52 bits per heavy atom. The summed E-state index contributed by atoms with van der Waals surface area (Å²) in [7, 11) is -3.58. The van der Waals surface area contributed by atoms with Gasteiger partial charge in [0.05, 0.1) is 22.1 Å². The molecule has 3 saturated carbocycles. The topological polar surface area (TPSA) is 171 Å². The van der Waals surface area contributed by atoms with Crippen molar-refractivity contribution in [3.05, 3.63) is 0 Å². The van der Waals surface area contributed by atoms with Gasteiger partial charge >= 0.3 is 6.03 Å². The Labute approximate surface area is 311 Å². The van der Waals surface area contributed by atoms with E-state index in [1.54, 1.807) is 25.7 Å². The average molecular weight is 746 g/mol. The fourth-order valence-corrected chi connectivity index (χ4v) is 10.4. The summed E-state index contributed by atoms with van der Waals surface area (Å²) in [6.07, 6.45) is 14.1. The minimum Gasteiger partial charge on any atom is -0.349 e. The first-order valence-corrected chi connectivity index (χ1v) is 21.1. The van der Waals surface area contributed by atoms with Gasteiger partial charge in [-0.15, -0.1) is 12.3 Å². The van der Waals surface area contributed by atoms with E-state index in [0.29, 0.717) is 45.2 Å². The van der Waals surface area contributed by atoms with Crippen molar-refractivity contribution in [2.75, 3.05) is 18.8 Å². The SMILES string of the molecule is C#CCCC(NC(=O)[C@@H]1C2[C@H](CN1C(=O)[C@@H](NC(=O)NC1(CS(=O)(=O)C(C)(C)C)CCCCC1)C1(C)CCCCC1)C2(C)C)C(=O)C(=O)NCCC. The summed E-state index contributed by atoms with van der Waals surface area (Å²) in [6, 6.07) is -3.61. The molecule has 1 aliphatic heterocycles. The van der Waals surface area contributed by atoms with Crippen LogP contribution in [0.4, 0.5) is 4.79 Å². The van der Waals surface area contributed by atoms with E-state index in [1.807, 2.05) is 13.8 Å². The molecule has 13 heteroatoms. The van der Waals surface area contributed by atoms with Gasteiger partial charge in [-0.05, 0) is 82.0 Å². The van der Waals surface area contributed by atoms with Gasteiger partial charge in [-0.25, -0.2) is 13.2 Å². The quantitative estimate of drug-likeness (QED) is 0.154. The third kappa shape index (κ3) is 8.96. The summed E-state index contributed by atoms with van der Waals surface area (Å²) >= 11 is 0. The molecule has 1 heterocycles. The molecule has 1 saturated heterocycles. The van der Waals surface area contributed by atoms with Gasteiger partial charge in [-0.2, -0.15) is 0 Å². The van der Waals surface area contributed by atoms with Crippen LogP contribution in [-0.2, 0) is 29.0 Å². The molecule has 5 atom stereocenters. The van der Waals surface area contributed by atoms with Gasteiger partial charge in [0.1, 0.15) is 12.1 Å². The standard InChI is InChI=1S/C39H63N5O7S/c1-9-11-18-27(30(45)33(47)40-23-10-2)41-32(46)29-28-26(37(28,6)7)24-44(29)34(48)31(38(8)19-14-12-15-20-38)42-35(49)43-39(21-16-13-17-22-39)25-52(50,51)36(3,4)5/h1,26-29,31H,10-25H2,2-8H3,(H,40,47)(H,41,46)(H2,42,43,49)/t26-,27?,28?,29-,31+/m0/s1. The minimum absolute atomic E-state index is 0.0432. The molecule has 4 N–H and O–H groups in total. The number of nitrogens with zero attached hydrogens (tertiary/aromatic N) is 1. The van der Waals surface area contributed by atoms with Gasteiger partial charge < -0.3 is 26.2 Å². The second-order valence-electron chi connectivity index (χ2n) is 17.8. The molecular weight excluding hydrogens is 683 g/mol. The van der Waals surface area contributed by atoms with Gasteiger partial charge in [0, 0.05) is 19.5 Å². The predicted octanol–water partition coefficient (Wildman–Crippen LogP) is 4.02. The van der Waals surface area contributed by atoms with Crippen LogP contribution in [0.25, 0.3) is 0 Å². The fourth-order valence-electron chi connectivity index (χ4n) is 8.92. The van der Waals surface area contributed by atoms with Crippen LogP contribution < -0.4 is 21.3 Å².